The van der Waals surface area contributed by atoms with E-state index in [1.807, 2.05) is 25.8 Å². The van der Waals surface area contributed by atoms with Gasteiger partial charge in [-0.05, 0) is 33.7 Å². The first-order valence-electron chi connectivity index (χ1n) is 7.57. The lowest BCUT2D eigenvalue weighted by Crippen LogP contribution is -2.56. The fourth-order valence-electron chi connectivity index (χ4n) is 2.17. The van der Waals surface area contributed by atoms with E-state index in [9.17, 15) is 9.59 Å². The van der Waals surface area contributed by atoms with Gasteiger partial charge in [0, 0.05) is 26.2 Å². The van der Waals surface area contributed by atoms with Crippen LogP contribution >= 0.6 is 0 Å². The lowest BCUT2D eigenvalue weighted by atomic mass is 10.0. The van der Waals surface area contributed by atoms with Gasteiger partial charge in [-0.1, -0.05) is 13.8 Å². The Morgan fingerprint density at radius 1 is 1.10 bits per heavy atom. The van der Waals surface area contributed by atoms with E-state index in [1.54, 1.807) is 20.8 Å². The fraction of sp³-hybridized carbons (Fsp3) is 0.867. The number of nitrogens with zero attached hydrogens (tertiary/aromatic N) is 2. The lowest BCUT2D eigenvalue weighted by molar-refractivity contribution is -0.136. The molecular formula is C15H29N3O3. The Morgan fingerprint density at radius 2 is 1.62 bits per heavy atom. The molecule has 0 aromatic carbocycles. The van der Waals surface area contributed by atoms with E-state index in [4.69, 9.17) is 4.74 Å². The molecule has 1 saturated heterocycles. The van der Waals surface area contributed by atoms with E-state index >= 15 is 0 Å². The van der Waals surface area contributed by atoms with Crippen LogP contribution in [0.3, 0.4) is 0 Å². The molecule has 1 fully saturated rings. The molecule has 6 nitrogen and oxygen atoms in total. The second-order valence-electron chi connectivity index (χ2n) is 7.00. The molecule has 122 valence electrons. The molecular weight excluding hydrogens is 270 g/mol. The van der Waals surface area contributed by atoms with Crippen molar-refractivity contribution in [1.82, 2.24) is 15.1 Å². The molecule has 1 rings (SSSR count). The summed E-state index contributed by atoms with van der Waals surface area (Å²) in [6, 6.07) is -0.539. The van der Waals surface area contributed by atoms with Crippen molar-refractivity contribution >= 4 is 12.0 Å². The first kappa shape index (κ1) is 17.8. The summed E-state index contributed by atoms with van der Waals surface area (Å²) in [5.41, 5.74) is -0.567. The highest BCUT2D eigenvalue weighted by Gasteiger charge is 2.31. The number of alkyl carbamates (subject to hydrolysis) is 1. The van der Waals surface area contributed by atoms with E-state index in [0.29, 0.717) is 13.1 Å². The summed E-state index contributed by atoms with van der Waals surface area (Å²) < 4.78 is 5.24. The van der Waals surface area contributed by atoms with Crippen LogP contribution in [-0.4, -0.2) is 66.7 Å². The Balaban J connectivity index is 2.64. The van der Waals surface area contributed by atoms with E-state index in [0.717, 1.165) is 13.1 Å². The summed E-state index contributed by atoms with van der Waals surface area (Å²) in [6.07, 6.45) is -0.538. The van der Waals surface area contributed by atoms with Crippen molar-refractivity contribution in [2.24, 2.45) is 5.92 Å². The number of amides is 2. The van der Waals surface area contributed by atoms with Gasteiger partial charge in [0.25, 0.3) is 0 Å². The Bertz CT molecular complexity index is 369. The molecule has 1 aliphatic heterocycles. The summed E-state index contributed by atoms with van der Waals surface area (Å²) in [7, 11) is 2.04. The third kappa shape index (κ3) is 5.91. The molecule has 0 bridgehead atoms. The highest BCUT2D eigenvalue weighted by Crippen LogP contribution is 2.11. The van der Waals surface area contributed by atoms with Crippen molar-refractivity contribution in [2.75, 3.05) is 33.2 Å². The topological polar surface area (TPSA) is 61.9 Å². The normalized spacial score (nSPS) is 18.5. The van der Waals surface area contributed by atoms with Gasteiger partial charge in [-0.3, -0.25) is 4.79 Å². The van der Waals surface area contributed by atoms with Gasteiger partial charge in [0.2, 0.25) is 5.91 Å². The standard InChI is InChI=1S/C15H29N3O3/c1-11(2)12(16-14(20)21-15(3,4)5)13(19)18-9-7-17(6)8-10-18/h11-12H,7-10H2,1-6H3,(H,16,20). The van der Waals surface area contributed by atoms with Crippen LogP contribution in [-0.2, 0) is 9.53 Å². The number of carbonyl (C=O) groups excluding carboxylic acids is 2. The van der Waals surface area contributed by atoms with Gasteiger partial charge in [0.05, 0.1) is 0 Å². The third-order valence-electron chi connectivity index (χ3n) is 3.42. The summed E-state index contributed by atoms with van der Waals surface area (Å²) in [6.45, 7) is 12.4. The quantitative estimate of drug-likeness (QED) is 0.853. The number of piperazine rings is 1. The Hall–Kier alpha value is -1.30. The van der Waals surface area contributed by atoms with Gasteiger partial charge < -0.3 is 19.9 Å². The molecule has 1 unspecified atom stereocenters. The SMILES string of the molecule is CC(C)C(NC(=O)OC(C)(C)C)C(=O)N1CCN(C)CC1. The predicted molar refractivity (Wildman–Crippen MR) is 82.1 cm³/mol. The van der Waals surface area contributed by atoms with Crippen LogP contribution < -0.4 is 5.32 Å². The fourth-order valence-corrected chi connectivity index (χ4v) is 2.17. The first-order chi connectivity index (χ1) is 9.60. The molecule has 6 heteroatoms. The molecule has 2 amide bonds. The van der Waals surface area contributed by atoms with Crippen LogP contribution in [0.2, 0.25) is 0 Å². The maximum atomic E-state index is 12.6. The summed E-state index contributed by atoms with van der Waals surface area (Å²) >= 11 is 0. The summed E-state index contributed by atoms with van der Waals surface area (Å²) in [5, 5.41) is 2.72. The van der Waals surface area contributed by atoms with Crippen LogP contribution in [0.15, 0.2) is 0 Å². The van der Waals surface area contributed by atoms with Gasteiger partial charge in [-0.15, -0.1) is 0 Å². The number of ether oxygens (including phenoxy) is 1. The number of hydrogen-bond acceptors (Lipinski definition) is 4. The molecule has 0 spiro atoms. The number of rotatable bonds is 3. The zero-order chi connectivity index (χ0) is 16.2. The van der Waals surface area contributed by atoms with Crippen molar-refractivity contribution in [1.29, 1.82) is 0 Å². The maximum Gasteiger partial charge on any atom is 0.408 e. The number of hydrogen-bond donors (Lipinski definition) is 1. The summed E-state index contributed by atoms with van der Waals surface area (Å²) in [4.78, 5) is 28.5. The van der Waals surface area contributed by atoms with Crippen molar-refractivity contribution in [3.63, 3.8) is 0 Å². The highest BCUT2D eigenvalue weighted by atomic mass is 16.6. The molecule has 1 atom stereocenters. The third-order valence-corrected chi connectivity index (χ3v) is 3.42. The van der Waals surface area contributed by atoms with Gasteiger partial charge in [0.15, 0.2) is 0 Å². The predicted octanol–water partition coefficient (Wildman–Crippen LogP) is 1.31. The Morgan fingerprint density at radius 3 is 2.05 bits per heavy atom. The van der Waals surface area contributed by atoms with Gasteiger partial charge >= 0.3 is 6.09 Å². The van der Waals surface area contributed by atoms with E-state index in [-0.39, 0.29) is 11.8 Å². The van der Waals surface area contributed by atoms with Crippen molar-refractivity contribution < 1.29 is 14.3 Å². The minimum Gasteiger partial charge on any atom is -0.444 e. The van der Waals surface area contributed by atoms with Crippen LogP contribution in [0.1, 0.15) is 34.6 Å². The van der Waals surface area contributed by atoms with Crippen molar-refractivity contribution in [3.05, 3.63) is 0 Å². The molecule has 0 aliphatic carbocycles. The molecule has 0 radical (unpaired) electrons. The maximum absolute atomic E-state index is 12.6. The zero-order valence-corrected chi connectivity index (χ0v) is 14.1. The van der Waals surface area contributed by atoms with Crippen molar-refractivity contribution in [2.45, 2.75) is 46.3 Å². The first-order valence-corrected chi connectivity index (χ1v) is 7.57. The average Bonchev–Trinajstić information content (AvgIpc) is 2.33. The van der Waals surface area contributed by atoms with Gasteiger partial charge in [0.1, 0.15) is 11.6 Å². The van der Waals surface area contributed by atoms with E-state index in [2.05, 4.69) is 10.2 Å². The Labute approximate surface area is 127 Å². The minimum atomic E-state index is -0.567. The molecule has 0 aromatic heterocycles. The molecule has 0 saturated carbocycles. The monoisotopic (exact) mass is 299 g/mol. The van der Waals surface area contributed by atoms with E-state index in [1.165, 1.54) is 0 Å². The average molecular weight is 299 g/mol. The molecule has 21 heavy (non-hydrogen) atoms. The number of carbonyl (C=O) groups is 2. The number of likely N-dealkylation sites (N-methyl/N-ethyl adjacent to an activating group) is 1. The van der Waals surface area contributed by atoms with Crippen LogP contribution in [0.5, 0.6) is 0 Å². The second-order valence-corrected chi connectivity index (χ2v) is 7.00. The molecule has 0 aromatic rings. The zero-order valence-electron chi connectivity index (χ0n) is 14.1. The van der Waals surface area contributed by atoms with Gasteiger partial charge in [-0.25, -0.2) is 4.79 Å². The number of nitrogens with one attached hydrogen (secondary N) is 1. The molecule has 1 heterocycles. The van der Waals surface area contributed by atoms with Crippen LogP contribution in [0.4, 0.5) is 4.79 Å². The smallest absolute Gasteiger partial charge is 0.408 e. The van der Waals surface area contributed by atoms with Crippen LogP contribution in [0, 0.1) is 5.92 Å². The largest absolute Gasteiger partial charge is 0.444 e. The Kier molecular flexibility index (Phi) is 6.01. The minimum absolute atomic E-state index is 0.0182. The molecule has 1 aliphatic rings. The van der Waals surface area contributed by atoms with Gasteiger partial charge in [-0.2, -0.15) is 0 Å². The lowest BCUT2D eigenvalue weighted by Gasteiger charge is -2.35. The van der Waals surface area contributed by atoms with Crippen molar-refractivity contribution in [3.8, 4) is 0 Å². The molecule has 1 N–H and O–H groups in total. The van der Waals surface area contributed by atoms with Crippen LogP contribution in [0.25, 0.3) is 0 Å². The highest BCUT2D eigenvalue weighted by molar-refractivity contribution is 5.86. The summed E-state index contributed by atoms with van der Waals surface area (Å²) in [5.74, 6) is -0.00589. The van der Waals surface area contributed by atoms with E-state index < -0.39 is 17.7 Å². The second kappa shape index (κ2) is 7.11.